The number of nitrogens with one attached hydrogen (secondary N) is 2. The summed E-state index contributed by atoms with van der Waals surface area (Å²) in [6, 6.07) is 1.85. The molecule has 0 radical (unpaired) electrons. The Balaban J connectivity index is 2.18. The molecule has 1 fully saturated rings. The predicted molar refractivity (Wildman–Crippen MR) is 109 cm³/mol. The maximum atomic E-state index is 13.0. The number of hydrogen-bond donors (Lipinski definition) is 3. The highest BCUT2D eigenvalue weighted by atomic mass is 32.2. The molecular weight excluding hydrogens is 473 g/mol. The van der Waals surface area contributed by atoms with Crippen LogP contribution in [-0.4, -0.2) is 69.1 Å². The molecule has 1 atom stereocenters. The molecule has 0 spiro atoms. The summed E-state index contributed by atoms with van der Waals surface area (Å²) in [6.45, 7) is 0.889. The zero-order valence-electron chi connectivity index (χ0n) is 17.2. The van der Waals surface area contributed by atoms with E-state index in [4.69, 9.17) is 10.5 Å². The van der Waals surface area contributed by atoms with Gasteiger partial charge in [-0.05, 0) is 31.0 Å². The van der Waals surface area contributed by atoms with Crippen LogP contribution in [0, 0.1) is 10.1 Å². The third-order valence-electron chi connectivity index (χ3n) is 4.53. The zero-order valence-corrected chi connectivity index (χ0v) is 18.1. The van der Waals surface area contributed by atoms with Gasteiger partial charge in [-0.2, -0.15) is 17.9 Å². The fraction of sp³-hybridized carbons (Fsp3) is 0.529. The summed E-state index contributed by atoms with van der Waals surface area (Å²) in [6.07, 6.45) is -4.72. The van der Waals surface area contributed by atoms with Crippen LogP contribution >= 0.6 is 0 Å². The minimum absolute atomic E-state index is 0.0646. The molecule has 0 aliphatic carbocycles. The molecule has 12 nitrogen and oxygen atoms in total. The molecule has 1 aromatic carbocycles. The lowest BCUT2D eigenvalue weighted by Gasteiger charge is -2.30. The first kappa shape index (κ1) is 26.3. The predicted octanol–water partition coefficient (Wildman–Crippen LogP) is 0.0873. The van der Waals surface area contributed by atoms with Crippen LogP contribution in [0.1, 0.15) is 18.4 Å². The first-order valence-electron chi connectivity index (χ1n) is 9.67. The number of alkyl halides is 3. The molecule has 1 aliphatic rings. The number of guanidine groups is 1. The minimum Gasteiger partial charge on any atom is -0.378 e. The van der Waals surface area contributed by atoms with Crippen molar-refractivity contribution >= 4 is 21.9 Å². The van der Waals surface area contributed by atoms with Crippen molar-refractivity contribution in [3.05, 3.63) is 39.9 Å². The van der Waals surface area contributed by atoms with Gasteiger partial charge in [0.05, 0.1) is 23.7 Å². The van der Waals surface area contributed by atoms with Crippen LogP contribution in [0.4, 0.5) is 13.2 Å². The molecule has 0 unspecified atom stereocenters. The maximum Gasteiger partial charge on any atom is 0.416 e. The van der Waals surface area contributed by atoms with E-state index in [1.165, 1.54) is 4.90 Å². The fourth-order valence-corrected chi connectivity index (χ4v) is 4.22. The van der Waals surface area contributed by atoms with E-state index in [0.29, 0.717) is 6.07 Å². The van der Waals surface area contributed by atoms with Crippen molar-refractivity contribution in [2.75, 3.05) is 32.8 Å². The van der Waals surface area contributed by atoms with E-state index in [9.17, 15) is 36.5 Å². The molecule has 1 amide bonds. The van der Waals surface area contributed by atoms with E-state index in [-0.39, 0.29) is 45.7 Å². The summed E-state index contributed by atoms with van der Waals surface area (Å²) in [5.74, 6) is -1.05. The highest BCUT2D eigenvalue weighted by molar-refractivity contribution is 7.89. The first-order chi connectivity index (χ1) is 15.4. The van der Waals surface area contributed by atoms with Crippen LogP contribution in [0.15, 0.2) is 34.2 Å². The lowest BCUT2D eigenvalue weighted by atomic mass is 10.1. The number of aliphatic imine (C=N–C) groups is 1. The number of nitrogens with zero attached hydrogens (tertiary/aromatic N) is 3. The average Bonchev–Trinajstić information content (AvgIpc) is 2.75. The number of hydrogen-bond acceptors (Lipinski definition) is 7. The van der Waals surface area contributed by atoms with Crippen LogP contribution in [0.3, 0.4) is 0 Å². The van der Waals surface area contributed by atoms with Crippen LogP contribution in [0.2, 0.25) is 0 Å². The molecule has 0 saturated carbocycles. The average molecular weight is 496 g/mol. The second-order valence-electron chi connectivity index (χ2n) is 6.92. The molecule has 1 aromatic rings. The Morgan fingerprint density at radius 2 is 2.00 bits per heavy atom. The van der Waals surface area contributed by atoms with E-state index in [1.807, 2.05) is 0 Å². The normalized spacial score (nSPS) is 16.3. The number of nitrogens with two attached hydrogens (primary N) is 1. The fourth-order valence-electron chi connectivity index (χ4n) is 2.96. The number of sulfonamides is 1. The first-order valence-corrected chi connectivity index (χ1v) is 11.2. The number of hydrazine groups is 1. The van der Waals surface area contributed by atoms with Crippen LogP contribution in [0.5, 0.6) is 0 Å². The Hall–Kier alpha value is -2.98. The van der Waals surface area contributed by atoms with Gasteiger partial charge in [-0.15, -0.1) is 0 Å². The Labute approximate surface area is 187 Å². The summed E-state index contributed by atoms with van der Waals surface area (Å²) < 4.78 is 71.8. The molecule has 4 N–H and O–H groups in total. The quantitative estimate of drug-likeness (QED) is 0.142. The number of benzene rings is 1. The smallest absolute Gasteiger partial charge is 0.378 e. The number of carbonyl (C=O) groups is 1. The minimum atomic E-state index is -4.75. The summed E-state index contributed by atoms with van der Waals surface area (Å²) in [4.78, 5) is 27.7. The van der Waals surface area contributed by atoms with E-state index < -0.39 is 49.6 Å². The number of halogens is 3. The standard InChI is InChI=1S/C17H23F3N6O6S/c18-17(19,20)12-3-1-4-13(11-12)33(30,31)24-14(15(27)25-7-9-32-10-8-25)5-2-6-22-16(21)23-26(28)29/h1,3-4,11,14,24H,2,5-10H2,(H3,21,22,23)/t14-/m0/s1. The Morgan fingerprint density at radius 3 is 2.61 bits per heavy atom. The second kappa shape index (κ2) is 11.2. The zero-order chi connectivity index (χ0) is 24.6. The van der Waals surface area contributed by atoms with Crippen molar-refractivity contribution in [1.29, 1.82) is 0 Å². The summed E-state index contributed by atoms with van der Waals surface area (Å²) in [5, 5.41) is 9.41. The molecule has 0 aromatic heterocycles. The van der Waals surface area contributed by atoms with Gasteiger partial charge in [0.2, 0.25) is 15.9 Å². The maximum absolute atomic E-state index is 13.0. The molecular formula is C17H23F3N6O6S. The highest BCUT2D eigenvalue weighted by Crippen LogP contribution is 2.30. The van der Waals surface area contributed by atoms with Gasteiger partial charge < -0.3 is 15.4 Å². The van der Waals surface area contributed by atoms with Crippen molar-refractivity contribution in [2.45, 2.75) is 30.0 Å². The lowest BCUT2D eigenvalue weighted by Crippen LogP contribution is -2.51. The van der Waals surface area contributed by atoms with Gasteiger partial charge in [0.1, 0.15) is 6.04 Å². The third kappa shape index (κ3) is 8.14. The molecule has 1 aliphatic heterocycles. The molecule has 2 rings (SSSR count). The largest absolute Gasteiger partial charge is 0.416 e. The van der Waals surface area contributed by atoms with E-state index in [2.05, 4.69) is 9.71 Å². The Kier molecular flexibility index (Phi) is 8.95. The van der Waals surface area contributed by atoms with Crippen molar-refractivity contribution in [2.24, 2.45) is 10.7 Å². The van der Waals surface area contributed by atoms with Crippen molar-refractivity contribution < 1.29 is 36.2 Å². The van der Waals surface area contributed by atoms with Crippen LogP contribution in [-0.2, 0) is 25.7 Å². The number of rotatable bonds is 9. The summed E-state index contributed by atoms with van der Waals surface area (Å²) in [7, 11) is -4.49. The number of ether oxygens (including phenoxy) is 1. The summed E-state index contributed by atoms with van der Waals surface area (Å²) >= 11 is 0. The molecule has 16 heteroatoms. The van der Waals surface area contributed by atoms with Gasteiger partial charge in [-0.25, -0.2) is 23.5 Å². The van der Waals surface area contributed by atoms with Crippen LogP contribution in [0.25, 0.3) is 0 Å². The molecule has 0 bridgehead atoms. The van der Waals surface area contributed by atoms with Crippen molar-refractivity contribution in [3.8, 4) is 0 Å². The van der Waals surface area contributed by atoms with Crippen LogP contribution < -0.4 is 15.9 Å². The molecule has 33 heavy (non-hydrogen) atoms. The van der Waals surface area contributed by atoms with E-state index in [0.717, 1.165) is 18.2 Å². The topological polar surface area (TPSA) is 169 Å². The van der Waals surface area contributed by atoms with Gasteiger partial charge in [0.15, 0.2) is 5.03 Å². The number of morpholine rings is 1. The Bertz CT molecular complexity index is 982. The van der Waals surface area contributed by atoms with Gasteiger partial charge in [0.25, 0.3) is 5.96 Å². The Morgan fingerprint density at radius 1 is 1.33 bits per heavy atom. The molecule has 1 saturated heterocycles. The van der Waals surface area contributed by atoms with Gasteiger partial charge >= 0.3 is 6.18 Å². The van der Waals surface area contributed by atoms with Crippen molar-refractivity contribution in [3.63, 3.8) is 0 Å². The monoisotopic (exact) mass is 496 g/mol. The number of nitro groups is 1. The van der Waals surface area contributed by atoms with E-state index >= 15 is 0 Å². The SMILES string of the molecule is NC(=NCCC[C@H](NS(=O)(=O)c1cccc(C(F)(F)F)c1)C(=O)N1CCOCC1)N[N+](=O)[O-]. The van der Waals surface area contributed by atoms with Gasteiger partial charge in [-0.3, -0.25) is 4.79 Å². The lowest BCUT2D eigenvalue weighted by molar-refractivity contribution is -0.525. The second-order valence-corrected chi connectivity index (χ2v) is 8.63. The van der Waals surface area contributed by atoms with E-state index in [1.54, 1.807) is 5.43 Å². The molecule has 184 valence electrons. The summed E-state index contributed by atoms with van der Waals surface area (Å²) in [5.41, 5.74) is 5.79. The number of amides is 1. The third-order valence-corrected chi connectivity index (χ3v) is 6.00. The number of carbonyl (C=O) groups excluding carboxylic acids is 1. The van der Waals surface area contributed by atoms with Gasteiger partial charge in [-0.1, -0.05) is 11.5 Å². The highest BCUT2D eigenvalue weighted by Gasteiger charge is 2.33. The van der Waals surface area contributed by atoms with Crippen molar-refractivity contribution in [1.82, 2.24) is 15.0 Å². The molecule has 1 heterocycles. The van der Waals surface area contributed by atoms with Gasteiger partial charge in [0, 0.05) is 19.6 Å².